The molecule has 1 aliphatic rings. The Labute approximate surface area is 164 Å². The molecular formula is C17H19FN5O5P. The minimum absolute atomic E-state index is 0.102. The first-order valence-corrected chi connectivity index (χ1v) is 10.3. The van der Waals surface area contributed by atoms with E-state index < -0.39 is 13.6 Å². The Morgan fingerprint density at radius 2 is 2.21 bits per heavy atom. The minimum Gasteiger partial charge on any atom is -0.404 e. The summed E-state index contributed by atoms with van der Waals surface area (Å²) >= 11 is 0. The lowest BCUT2D eigenvalue weighted by Gasteiger charge is -2.44. The molecule has 0 aliphatic heterocycles. The number of benzene rings is 1. The van der Waals surface area contributed by atoms with Crippen molar-refractivity contribution in [3.8, 4) is 5.75 Å². The molecule has 3 aromatic rings. The van der Waals surface area contributed by atoms with E-state index in [2.05, 4.69) is 15.0 Å². The number of fused-ring (bicyclic) bond motifs is 1. The lowest BCUT2D eigenvalue weighted by Crippen LogP contribution is -2.43. The topological polar surface area (TPSA) is 146 Å². The fourth-order valence-electron chi connectivity index (χ4n) is 3.50. The van der Waals surface area contributed by atoms with Crippen molar-refractivity contribution in [2.45, 2.75) is 12.5 Å². The molecule has 10 nitrogen and oxygen atoms in total. The van der Waals surface area contributed by atoms with E-state index in [1.807, 2.05) is 0 Å². The predicted octanol–water partition coefficient (Wildman–Crippen LogP) is 1.91. The molecule has 4 unspecified atom stereocenters. The summed E-state index contributed by atoms with van der Waals surface area (Å²) in [5.41, 5.74) is 6.76. The summed E-state index contributed by atoms with van der Waals surface area (Å²) in [4.78, 5) is 22.3. The van der Waals surface area contributed by atoms with Crippen LogP contribution < -0.4 is 10.3 Å². The molecule has 1 saturated carbocycles. The minimum atomic E-state index is -4.48. The number of nitrogens with two attached hydrogens (primary N) is 1. The Bertz CT molecular complexity index is 1080. The molecular weight excluding hydrogens is 404 g/mol. The summed E-state index contributed by atoms with van der Waals surface area (Å²) in [5, 5.41) is 9.59. The molecule has 4 atom stereocenters. The summed E-state index contributed by atoms with van der Waals surface area (Å²) in [6, 6.07) is 4.70. The highest BCUT2D eigenvalue weighted by Gasteiger charge is 2.44. The van der Waals surface area contributed by atoms with Gasteiger partial charge in [0.1, 0.15) is 17.1 Å². The van der Waals surface area contributed by atoms with E-state index in [0.29, 0.717) is 17.6 Å². The molecule has 1 fully saturated rings. The van der Waals surface area contributed by atoms with Gasteiger partial charge in [0.05, 0.1) is 19.1 Å². The Hall–Kier alpha value is -2.59. The van der Waals surface area contributed by atoms with Gasteiger partial charge in [-0.3, -0.25) is 9.42 Å². The molecule has 12 heteroatoms. The fourth-order valence-corrected chi connectivity index (χ4v) is 4.29. The molecule has 0 spiro atoms. The number of anilines is 1. The van der Waals surface area contributed by atoms with Crippen LogP contribution in [0, 0.1) is 17.7 Å². The molecule has 2 aromatic heterocycles. The van der Waals surface area contributed by atoms with Crippen LogP contribution in [0.1, 0.15) is 12.5 Å². The second-order valence-corrected chi connectivity index (χ2v) is 8.19. The first kappa shape index (κ1) is 19.7. The molecule has 0 saturated heterocycles. The smallest absolute Gasteiger partial charge is 0.404 e. The number of rotatable bonds is 7. The van der Waals surface area contributed by atoms with Crippen LogP contribution in [0.3, 0.4) is 0 Å². The molecule has 2 heterocycles. The number of nitrogens with zero attached hydrogens (tertiary/aromatic N) is 4. The average Bonchev–Trinajstić information content (AvgIpc) is 3.03. The maximum absolute atomic E-state index is 13.2. The molecule has 1 aliphatic carbocycles. The van der Waals surface area contributed by atoms with Gasteiger partial charge >= 0.3 is 7.82 Å². The van der Waals surface area contributed by atoms with Gasteiger partial charge < -0.3 is 19.9 Å². The second-order valence-electron chi connectivity index (χ2n) is 6.81. The average molecular weight is 423 g/mol. The fraction of sp³-hybridized carbons (Fsp3) is 0.353. The van der Waals surface area contributed by atoms with Crippen molar-refractivity contribution in [2.75, 3.05) is 18.9 Å². The van der Waals surface area contributed by atoms with Crippen LogP contribution in [0.5, 0.6) is 5.75 Å². The van der Waals surface area contributed by atoms with Gasteiger partial charge in [-0.2, -0.15) is 4.98 Å². The Kier molecular flexibility index (Phi) is 5.22. The van der Waals surface area contributed by atoms with Crippen molar-refractivity contribution in [3.63, 3.8) is 0 Å². The van der Waals surface area contributed by atoms with Crippen molar-refractivity contribution in [2.24, 2.45) is 11.8 Å². The number of halogens is 1. The first-order chi connectivity index (χ1) is 13.9. The van der Waals surface area contributed by atoms with Crippen LogP contribution in [0.15, 0.2) is 36.8 Å². The van der Waals surface area contributed by atoms with Crippen LogP contribution in [0.4, 0.5) is 10.3 Å². The number of aliphatic hydroxyl groups excluding tert-OH is 1. The number of imidazole rings is 1. The van der Waals surface area contributed by atoms with Crippen molar-refractivity contribution >= 4 is 24.9 Å². The summed E-state index contributed by atoms with van der Waals surface area (Å²) in [7, 11) is -4.48. The van der Waals surface area contributed by atoms with Gasteiger partial charge in [-0.1, -0.05) is 6.07 Å². The van der Waals surface area contributed by atoms with Gasteiger partial charge in [-0.15, -0.1) is 0 Å². The van der Waals surface area contributed by atoms with E-state index in [1.165, 1.54) is 24.4 Å². The van der Waals surface area contributed by atoms with Crippen molar-refractivity contribution in [1.29, 1.82) is 0 Å². The number of hydrogen-bond acceptors (Lipinski definition) is 8. The molecule has 4 rings (SSSR count). The van der Waals surface area contributed by atoms with Gasteiger partial charge in [0.15, 0.2) is 5.65 Å². The Balaban J connectivity index is 1.48. The van der Waals surface area contributed by atoms with Gasteiger partial charge in [0.25, 0.3) is 0 Å². The number of nitrogen functional groups attached to an aromatic ring is 1. The second kappa shape index (κ2) is 7.68. The van der Waals surface area contributed by atoms with Gasteiger partial charge in [0.2, 0.25) is 5.95 Å². The largest absolute Gasteiger partial charge is 0.527 e. The highest BCUT2D eigenvalue weighted by Crippen LogP contribution is 2.50. The van der Waals surface area contributed by atoms with E-state index in [9.17, 15) is 19.0 Å². The van der Waals surface area contributed by atoms with Crippen LogP contribution in [-0.4, -0.2) is 42.7 Å². The third-order valence-electron chi connectivity index (χ3n) is 5.02. The van der Waals surface area contributed by atoms with E-state index >= 15 is 0 Å². The number of phosphoric acid groups is 1. The molecule has 0 amide bonds. The summed E-state index contributed by atoms with van der Waals surface area (Å²) in [6.07, 6.45) is 3.71. The Morgan fingerprint density at radius 1 is 1.38 bits per heavy atom. The van der Waals surface area contributed by atoms with Gasteiger partial charge in [0, 0.05) is 24.6 Å². The lowest BCUT2D eigenvalue weighted by molar-refractivity contribution is -0.00476. The highest BCUT2D eigenvalue weighted by atomic mass is 31.2. The third kappa shape index (κ3) is 4.08. The zero-order chi connectivity index (χ0) is 20.6. The Morgan fingerprint density at radius 3 is 2.97 bits per heavy atom. The molecule has 4 N–H and O–H groups in total. The number of aromatic nitrogens is 4. The van der Waals surface area contributed by atoms with Crippen LogP contribution in [0.25, 0.3) is 11.2 Å². The maximum Gasteiger partial charge on any atom is 0.527 e. The van der Waals surface area contributed by atoms with E-state index in [4.69, 9.17) is 14.8 Å². The van der Waals surface area contributed by atoms with Gasteiger partial charge in [-0.05, 0) is 24.5 Å². The summed E-state index contributed by atoms with van der Waals surface area (Å²) in [6.45, 7) is -0.256. The maximum atomic E-state index is 13.2. The first-order valence-electron chi connectivity index (χ1n) is 8.84. The SMILES string of the molecule is Nc1ncc2ncn(C3CC(CO)C3COP(=O)(O)Oc3cccc(F)c3)c2n1. The molecule has 29 heavy (non-hydrogen) atoms. The van der Waals surface area contributed by atoms with Crippen molar-refractivity contribution in [1.82, 2.24) is 19.5 Å². The van der Waals surface area contributed by atoms with Gasteiger partial charge in [-0.25, -0.2) is 18.9 Å². The van der Waals surface area contributed by atoms with E-state index in [0.717, 1.165) is 6.07 Å². The van der Waals surface area contributed by atoms with Crippen molar-refractivity contribution < 1.29 is 28.0 Å². The van der Waals surface area contributed by atoms with Crippen LogP contribution in [0.2, 0.25) is 0 Å². The van der Waals surface area contributed by atoms with Crippen LogP contribution >= 0.6 is 7.82 Å². The number of hydrogen-bond donors (Lipinski definition) is 3. The molecule has 0 bridgehead atoms. The molecule has 0 radical (unpaired) electrons. The normalized spacial score (nSPS) is 23.5. The monoisotopic (exact) mass is 423 g/mol. The number of phosphoric ester groups is 1. The molecule has 154 valence electrons. The van der Waals surface area contributed by atoms with E-state index in [1.54, 1.807) is 10.9 Å². The molecule has 1 aromatic carbocycles. The zero-order valence-corrected chi connectivity index (χ0v) is 16.0. The quantitative estimate of drug-likeness (QED) is 0.485. The lowest BCUT2D eigenvalue weighted by atomic mass is 9.70. The zero-order valence-electron chi connectivity index (χ0n) is 15.1. The van der Waals surface area contributed by atoms with Crippen molar-refractivity contribution in [3.05, 3.63) is 42.6 Å². The summed E-state index contributed by atoms with van der Waals surface area (Å²) in [5.74, 6) is -1.04. The predicted molar refractivity (Wildman–Crippen MR) is 100 cm³/mol. The third-order valence-corrected chi connectivity index (χ3v) is 5.93. The standard InChI is InChI=1S/C17H19FN5O5P/c18-11-2-1-3-12(5-11)28-29(25,26)27-8-13-10(7-24)4-15(13)23-9-21-14-6-20-17(19)22-16(14)23/h1-3,5-6,9-10,13,15,24H,4,7-8H2,(H,25,26)(H2,19,20,22). The highest BCUT2D eigenvalue weighted by molar-refractivity contribution is 7.47. The number of aliphatic hydroxyl groups is 1. The van der Waals surface area contributed by atoms with Crippen LogP contribution in [-0.2, 0) is 9.09 Å². The van der Waals surface area contributed by atoms with E-state index in [-0.39, 0.29) is 42.8 Å². The summed E-state index contributed by atoms with van der Waals surface area (Å²) < 4.78 is 37.3.